The van der Waals surface area contributed by atoms with Gasteiger partial charge in [-0.3, -0.25) is 0 Å². The lowest BCUT2D eigenvalue weighted by atomic mass is 10.2. The lowest BCUT2D eigenvalue weighted by Gasteiger charge is -2.15. The number of carboxylic acid groups (broad SMARTS) is 1. The molecular formula is C7H13N3O4. The number of hydrogen-bond acceptors (Lipinski definition) is 4. The summed E-state index contributed by atoms with van der Waals surface area (Å²) in [5.74, 6) is -1.00. The fourth-order valence-corrected chi connectivity index (χ4v) is 1.36. The summed E-state index contributed by atoms with van der Waals surface area (Å²) in [6.45, 7) is 2.37. The number of nitrogens with zero attached hydrogens (tertiary/aromatic N) is 3. The number of aliphatic carboxylic acids is 1. The van der Waals surface area contributed by atoms with Gasteiger partial charge in [0.05, 0.1) is 11.5 Å². The van der Waals surface area contributed by atoms with Crippen LogP contribution in [-0.2, 0) is 9.63 Å². The van der Waals surface area contributed by atoms with E-state index >= 15 is 0 Å². The number of carbonyl (C=O) groups is 1. The Bertz CT molecular complexity index is 243. The van der Waals surface area contributed by atoms with Gasteiger partial charge in [-0.1, -0.05) is 0 Å². The zero-order chi connectivity index (χ0) is 10.6. The van der Waals surface area contributed by atoms with Crippen LogP contribution in [0.4, 0.5) is 0 Å². The highest BCUT2D eigenvalue weighted by Gasteiger charge is 2.36. The SMILES string of the molecule is CCO/N=[N+](\[O-])N1CCCC1C(=O)O. The van der Waals surface area contributed by atoms with Crippen molar-refractivity contribution in [3.05, 3.63) is 5.21 Å². The van der Waals surface area contributed by atoms with Crippen molar-refractivity contribution in [2.45, 2.75) is 25.8 Å². The molecule has 0 saturated carbocycles. The lowest BCUT2D eigenvalue weighted by Crippen LogP contribution is -2.40. The maximum atomic E-state index is 11.2. The quantitative estimate of drug-likeness (QED) is 0.405. The van der Waals surface area contributed by atoms with E-state index in [-0.39, 0.29) is 11.6 Å². The minimum absolute atomic E-state index is 0.218. The Morgan fingerprint density at radius 3 is 3.14 bits per heavy atom. The zero-order valence-electron chi connectivity index (χ0n) is 7.92. The maximum absolute atomic E-state index is 11.2. The first kappa shape index (κ1) is 10.6. The van der Waals surface area contributed by atoms with Crippen molar-refractivity contribution in [3.8, 4) is 0 Å². The minimum Gasteiger partial charge on any atom is -0.569 e. The van der Waals surface area contributed by atoms with Gasteiger partial charge < -0.3 is 15.2 Å². The number of rotatable bonds is 4. The van der Waals surface area contributed by atoms with Crippen LogP contribution >= 0.6 is 0 Å². The fourth-order valence-electron chi connectivity index (χ4n) is 1.36. The van der Waals surface area contributed by atoms with Gasteiger partial charge >= 0.3 is 5.97 Å². The maximum Gasteiger partial charge on any atom is 0.332 e. The molecule has 1 atom stereocenters. The average molecular weight is 203 g/mol. The van der Waals surface area contributed by atoms with Crippen LogP contribution in [0.3, 0.4) is 0 Å². The molecule has 1 N–H and O–H groups in total. The van der Waals surface area contributed by atoms with Gasteiger partial charge in [-0.05, 0) is 19.8 Å². The van der Waals surface area contributed by atoms with Gasteiger partial charge in [0.15, 0.2) is 6.04 Å². The normalized spacial score (nSPS) is 22.5. The van der Waals surface area contributed by atoms with Crippen molar-refractivity contribution in [3.63, 3.8) is 0 Å². The van der Waals surface area contributed by atoms with E-state index in [0.717, 1.165) is 5.01 Å². The first-order valence-corrected chi connectivity index (χ1v) is 4.46. The molecule has 0 aromatic rings. The Hall–Kier alpha value is -1.53. The number of carboxylic acids is 1. The van der Waals surface area contributed by atoms with E-state index in [2.05, 4.69) is 10.1 Å². The molecular weight excluding hydrogens is 190 g/mol. The summed E-state index contributed by atoms with van der Waals surface area (Å²) < 4.78 is 0. The molecule has 0 spiro atoms. The largest absolute Gasteiger partial charge is 0.569 e. The van der Waals surface area contributed by atoms with Crippen molar-refractivity contribution in [2.75, 3.05) is 13.2 Å². The molecule has 14 heavy (non-hydrogen) atoms. The van der Waals surface area contributed by atoms with E-state index in [1.807, 2.05) is 0 Å². The highest BCUT2D eigenvalue weighted by atomic mass is 16.7. The summed E-state index contributed by atoms with van der Waals surface area (Å²) in [6.07, 6.45) is 1.15. The molecule has 1 fully saturated rings. The van der Waals surface area contributed by atoms with E-state index in [9.17, 15) is 10.0 Å². The molecule has 7 heteroatoms. The van der Waals surface area contributed by atoms with E-state index in [0.29, 0.717) is 19.4 Å². The summed E-state index contributed by atoms with van der Waals surface area (Å²) in [6, 6.07) is -0.781. The Balaban J connectivity index is 2.61. The third-order valence-corrected chi connectivity index (χ3v) is 1.99. The van der Waals surface area contributed by atoms with E-state index in [4.69, 9.17) is 5.11 Å². The van der Waals surface area contributed by atoms with Crippen LogP contribution in [0.2, 0.25) is 0 Å². The standard InChI is InChI=1S/C7H13N3O4/c1-2-14-8-10(13)9-5-3-4-6(9)7(11)12/h6H,2-5H2,1H3,(H,11,12)/b10-8-. The number of hydrogen-bond donors (Lipinski definition) is 1. The summed E-state index contributed by atoms with van der Waals surface area (Å²) in [5.41, 5.74) is 0. The molecule has 1 unspecified atom stereocenters. The minimum atomic E-state index is -1.00. The fraction of sp³-hybridized carbons (Fsp3) is 0.857. The molecule has 0 aromatic carbocycles. The highest BCUT2D eigenvalue weighted by Crippen LogP contribution is 2.17. The van der Waals surface area contributed by atoms with Gasteiger partial charge in [-0.25, -0.2) is 4.79 Å². The molecule has 0 amide bonds. The molecule has 80 valence electrons. The lowest BCUT2D eigenvalue weighted by molar-refractivity contribution is -0.712. The van der Waals surface area contributed by atoms with Crippen LogP contribution in [-0.4, -0.2) is 40.2 Å². The second kappa shape index (κ2) is 4.64. The average Bonchev–Trinajstić information content (AvgIpc) is 2.62. The monoisotopic (exact) mass is 203 g/mol. The number of hydrazine groups is 1. The Kier molecular flexibility index (Phi) is 3.49. The molecule has 0 bridgehead atoms. The summed E-state index contributed by atoms with van der Waals surface area (Å²) in [4.78, 5) is 15.5. The zero-order valence-corrected chi connectivity index (χ0v) is 7.92. The second-order valence-corrected chi connectivity index (χ2v) is 2.91. The van der Waals surface area contributed by atoms with Gasteiger partial charge in [-0.15, -0.1) is 5.01 Å². The van der Waals surface area contributed by atoms with Crippen molar-refractivity contribution >= 4 is 5.97 Å². The molecule has 0 aromatic heterocycles. The van der Waals surface area contributed by atoms with E-state index in [1.165, 1.54) is 0 Å². The molecule has 1 aliphatic rings. The predicted octanol–water partition coefficient (Wildman–Crippen LogP) is 0.364. The Morgan fingerprint density at radius 2 is 2.57 bits per heavy atom. The van der Waals surface area contributed by atoms with Gasteiger partial charge in [0.1, 0.15) is 6.61 Å². The molecule has 1 heterocycles. The Morgan fingerprint density at radius 1 is 1.86 bits per heavy atom. The summed E-state index contributed by atoms with van der Waals surface area (Å²) in [5, 5.41) is 24.3. The van der Waals surface area contributed by atoms with Crippen LogP contribution in [0, 0.1) is 5.21 Å². The van der Waals surface area contributed by atoms with Crippen molar-refractivity contribution in [1.29, 1.82) is 0 Å². The molecule has 1 aliphatic heterocycles. The topological polar surface area (TPSA) is 88.2 Å². The van der Waals surface area contributed by atoms with Crippen molar-refractivity contribution < 1.29 is 19.7 Å². The van der Waals surface area contributed by atoms with Gasteiger partial charge in [0, 0.05) is 0 Å². The molecule has 0 aliphatic carbocycles. The van der Waals surface area contributed by atoms with E-state index in [1.54, 1.807) is 6.92 Å². The third kappa shape index (κ3) is 2.24. The highest BCUT2D eigenvalue weighted by molar-refractivity contribution is 5.73. The molecule has 1 rings (SSSR count). The van der Waals surface area contributed by atoms with Crippen molar-refractivity contribution in [1.82, 2.24) is 5.01 Å². The Labute approximate surface area is 81.1 Å². The van der Waals surface area contributed by atoms with Crippen LogP contribution in [0.25, 0.3) is 0 Å². The smallest absolute Gasteiger partial charge is 0.332 e. The van der Waals surface area contributed by atoms with Crippen molar-refractivity contribution in [2.24, 2.45) is 5.28 Å². The molecule has 1 saturated heterocycles. The van der Waals surface area contributed by atoms with Crippen LogP contribution in [0.5, 0.6) is 0 Å². The van der Waals surface area contributed by atoms with Crippen LogP contribution in [0.15, 0.2) is 5.28 Å². The van der Waals surface area contributed by atoms with Crippen LogP contribution in [0.1, 0.15) is 19.8 Å². The first-order chi connectivity index (χ1) is 6.66. The van der Waals surface area contributed by atoms with Gasteiger partial charge in [0.2, 0.25) is 5.28 Å². The van der Waals surface area contributed by atoms with Crippen LogP contribution < -0.4 is 0 Å². The summed E-state index contributed by atoms with van der Waals surface area (Å²) in [7, 11) is 0. The van der Waals surface area contributed by atoms with E-state index < -0.39 is 12.0 Å². The molecule has 0 radical (unpaired) electrons. The van der Waals surface area contributed by atoms with Gasteiger partial charge in [0.25, 0.3) is 0 Å². The summed E-state index contributed by atoms with van der Waals surface area (Å²) >= 11 is 0. The molecule has 7 nitrogen and oxygen atoms in total. The first-order valence-electron chi connectivity index (χ1n) is 4.46. The third-order valence-electron chi connectivity index (χ3n) is 1.99. The van der Waals surface area contributed by atoms with Gasteiger partial charge in [-0.2, -0.15) is 0 Å². The predicted molar refractivity (Wildman–Crippen MR) is 45.0 cm³/mol. The second-order valence-electron chi connectivity index (χ2n) is 2.91.